The van der Waals surface area contributed by atoms with Crippen LogP contribution in [0.1, 0.15) is 46.5 Å². The second-order valence-corrected chi connectivity index (χ2v) is 18.1. The average molecular weight is 630 g/mol. The summed E-state index contributed by atoms with van der Waals surface area (Å²) in [6.45, 7) is 10.1. The molecule has 0 heterocycles. The molecule has 41 heavy (non-hydrogen) atoms. The Morgan fingerprint density at radius 3 is 1.93 bits per heavy atom. The zero-order chi connectivity index (χ0) is 30.2. The Bertz CT molecular complexity index is 1320. The molecule has 0 spiro atoms. The van der Waals surface area contributed by atoms with Crippen LogP contribution < -0.4 is 20.1 Å². The predicted molar refractivity (Wildman–Crippen MR) is 156 cm³/mol. The molecule has 3 atom stereocenters. The Morgan fingerprint density at radius 2 is 1.44 bits per heavy atom. The van der Waals surface area contributed by atoms with E-state index in [-0.39, 0.29) is 57.7 Å². The van der Waals surface area contributed by atoms with Gasteiger partial charge in [0.05, 0.1) is 21.7 Å². The van der Waals surface area contributed by atoms with Crippen LogP contribution in [-0.2, 0) is 14.0 Å². The van der Waals surface area contributed by atoms with Crippen LogP contribution >= 0.6 is 23.2 Å². The number of rotatable bonds is 10. The highest BCUT2D eigenvalue weighted by molar-refractivity contribution is 6.74. The number of carbonyl (C=O) groups excluding carboxylic acids is 2. The zero-order valence-corrected chi connectivity index (χ0v) is 26.3. The maximum Gasteiger partial charge on any atom is 0.258 e. The van der Waals surface area contributed by atoms with Crippen molar-refractivity contribution >= 4 is 43.3 Å². The van der Waals surface area contributed by atoms with Gasteiger partial charge in [0.25, 0.3) is 11.8 Å². The Balaban J connectivity index is 1.46. The Labute approximate surface area is 250 Å². The highest BCUT2D eigenvalue weighted by Crippen LogP contribution is 2.54. The van der Waals surface area contributed by atoms with Gasteiger partial charge in [0.1, 0.15) is 23.1 Å². The quantitative estimate of drug-likeness (QED) is 0.297. The standard InChI is InChI=1S/C29H36Cl2F2N2O5Si/c1-27(2,3)41(4,5)40-24-14-28(34-25(36)15-38-18-6-8-20(30)22(32)12-18)10-11-29(24,17-28)35-26(37)16-39-19-7-9-21(31)23(33)13-19/h6-9,12-13,24H,10-11,14-17H2,1-5H3,(H,34,36)(H,35,37)/t24-,28-,29?/m1/s1. The van der Waals surface area contributed by atoms with Crippen molar-refractivity contribution in [1.29, 1.82) is 0 Å². The van der Waals surface area contributed by atoms with Crippen molar-refractivity contribution in [3.63, 3.8) is 0 Å². The Kier molecular flexibility index (Phi) is 9.00. The molecule has 0 saturated heterocycles. The zero-order valence-electron chi connectivity index (χ0n) is 23.8. The van der Waals surface area contributed by atoms with Crippen molar-refractivity contribution in [3.05, 3.63) is 58.1 Å². The van der Waals surface area contributed by atoms with Gasteiger partial charge in [-0.1, -0.05) is 44.0 Å². The lowest BCUT2D eigenvalue weighted by Gasteiger charge is -2.45. The fourth-order valence-electron chi connectivity index (χ4n) is 5.35. The summed E-state index contributed by atoms with van der Waals surface area (Å²) in [7, 11) is -2.25. The third kappa shape index (κ3) is 7.16. The molecule has 0 radical (unpaired) electrons. The van der Waals surface area contributed by atoms with E-state index in [4.69, 9.17) is 37.1 Å². The summed E-state index contributed by atoms with van der Waals surface area (Å²) in [5, 5.41) is 6.13. The molecule has 2 aromatic carbocycles. The SMILES string of the molecule is CC(C)(C)[Si](C)(C)O[C@@H]1C[C@]2(NC(=O)COc3ccc(Cl)c(F)c3)CCC1(NC(=O)COc1ccc(Cl)c(F)c1)C2. The maximum atomic E-state index is 13.8. The molecule has 2 fully saturated rings. The van der Waals surface area contributed by atoms with Gasteiger partial charge in [-0.3, -0.25) is 9.59 Å². The molecule has 2 bridgehead atoms. The molecule has 7 nitrogen and oxygen atoms in total. The molecule has 224 valence electrons. The lowest BCUT2D eigenvalue weighted by Crippen LogP contribution is -2.58. The van der Waals surface area contributed by atoms with Crippen molar-refractivity contribution < 1.29 is 32.3 Å². The largest absolute Gasteiger partial charge is 0.484 e. The molecule has 4 rings (SSSR count). The van der Waals surface area contributed by atoms with Crippen LogP contribution in [0.25, 0.3) is 0 Å². The molecule has 2 saturated carbocycles. The first-order valence-corrected chi connectivity index (χ1v) is 17.2. The highest BCUT2D eigenvalue weighted by Gasteiger charge is 2.63. The van der Waals surface area contributed by atoms with Gasteiger partial charge in [0.15, 0.2) is 21.5 Å². The minimum atomic E-state index is -2.25. The van der Waals surface area contributed by atoms with Crippen molar-refractivity contribution in [2.75, 3.05) is 13.2 Å². The van der Waals surface area contributed by atoms with Gasteiger partial charge < -0.3 is 24.5 Å². The van der Waals surface area contributed by atoms with Crippen LogP contribution in [0.5, 0.6) is 11.5 Å². The molecule has 0 aliphatic heterocycles. The molecule has 2 aromatic rings. The number of halogens is 4. The monoisotopic (exact) mass is 628 g/mol. The van der Waals surface area contributed by atoms with Crippen LogP contribution in [0, 0.1) is 11.6 Å². The number of nitrogens with one attached hydrogen (secondary N) is 2. The lowest BCUT2D eigenvalue weighted by atomic mass is 9.88. The first kappa shape index (κ1) is 31.5. The summed E-state index contributed by atoms with van der Waals surface area (Å²) < 4.78 is 45.4. The lowest BCUT2D eigenvalue weighted by molar-refractivity contribution is -0.126. The second-order valence-electron chi connectivity index (χ2n) is 12.5. The summed E-state index contributed by atoms with van der Waals surface area (Å²) >= 11 is 11.5. The summed E-state index contributed by atoms with van der Waals surface area (Å²) in [6.07, 6.45) is 1.89. The van der Waals surface area contributed by atoms with Crippen LogP contribution in [0.3, 0.4) is 0 Å². The molecule has 1 unspecified atom stereocenters. The molecule has 12 heteroatoms. The average Bonchev–Trinajstić information content (AvgIpc) is 3.36. The Morgan fingerprint density at radius 1 is 0.927 bits per heavy atom. The molecule has 2 aliphatic rings. The summed E-state index contributed by atoms with van der Waals surface area (Å²) in [5.74, 6) is -1.62. The van der Waals surface area contributed by atoms with Crippen molar-refractivity contribution in [2.45, 2.75) is 81.8 Å². The normalized spacial score (nSPS) is 23.8. The molecular weight excluding hydrogens is 593 g/mol. The summed E-state index contributed by atoms with van der Waals surface area (Å²) in [6, 6.07) is 7.97. The van der Waals surface area contributed by atoms with Crippen molar-refractivity contribution in [3.8, 4) is 11.5 Å². The smallest absolute Gasteiger partial charge is 0.258 e. The van der Waals surface area contributed by atoms with Crippen LogP contribution in [-0.4, -0.2) is 50.5 Å². The minimum absolute atomic E-state index is 0.0329. The topological polar surface area (TPSA) is 85.9 Å². The molecular formula is C29H36Cl2F2N2O5Si. The van der Waals surface area contributed by atoms with Gasteiger partial charge in [-0.25, -0.2) is 8.78 Å². The minimum Gasteiger partial charge on any atom is -0.484 e. The number of ether oxygens (including phenoxy) is 2. The van der Waals surface area contributed by atoms with Crippen LogP contribution in [0.4, 0.5) is 8.78 Å². The van der Waals surface area contributed by atoms with E-state index >= 15 is 0 Å². The highest BCUT2D eigenvalue weighted by atomic mass is 35.5. The maximum absolute atomic E-state index is 13.8. The van der Waals surface area contributed by atoms with Crippen LogP contribution in [0.2, 0.25) is 28.2 Å². The third-order valence-electron chi connectivity index (χ3n) is 8.45. The van der Waals surface area contributed by atoms with Gasteiger partial charge >= 0.3 is 0 Å². The van der Waals surface area contributed by atoms with Gasteiger partial charge in [-0.2, -0.15) is 0 Å². The van der Waals surface area contributed by atoms with E-state index in [1.54, 1.807) is 0 Å². The summed E-state index contributed by atoms with van der Waals surface area (Å²) in [4.78, 5) is 26.1. The first-order chi connectivity index (χ1) is 19.0. The van der Waals surface area contributed by atoms with E-state index in [1.807, 2.05) is 0 Å². The van der Waals surface area contributed by atoms with Gasteiger partial charge in [0, 0.05) is 17.7 Å². The van der Waals surface area contributed by atoms with E-state index in [0.717, 1.165) is 12.1 Å². The number of hydrogen-bond donors (Lipinski definition) is 2. The number of benzene rings is 2. The van der Waals surface area contributed by atoms with Gasteiger partial charge in [0.2, 0.25) is 0 Å². The van der Waals surface area contributed by atoms with Crippen molar-refractivity contribution in [1.82, 2.24) is 10.6 Å². The van der Waals surface area contributed by atoms with E-state index in [0.29, 0.717) is 25.7 Å². The van der Waals surface area contributed by atoms with Gasteiger partial charge in [-0.05, 0) is 68.1 Å². The fraction of sp³-hybridized carbons (Fsp3) is 0.517. The summed E-state index contributed by atoms with van der Waals surface area (Å²) in [5.41, 5.74) is -1.32. The number of hydrogen-bond acceptors (Lipinski definition) is 5. The first-order valence-electron chi connectivity index (χ1n) is 13.5. The number of carbonyl (C=O) groups is 2. The van der Waals surface area contributed by atoms with Gasteiger partial charge in [-0.15, -0.1) is 0 Å². The van der Waals surface area contributed by atoms with E-state index in [9.17, 15) is 18.4 Å². The third-order valence-corrected chi connectivity index (χ3v) is 13.6. The van der Waals surface area contributed by atoms with Crippen LogP contribution in [0.15, 0.2) is 36.4 Å². The molecule has 2 amide bonds. The Hall–Kier alpha value is -2.40. The number of amides is 2. The number of fused-ring (bicyclic) bond motifs is 2. The second kappa shape index (κ2) is 11.7. The van der Waals surface area contributed by atoms with E-state index in [1.165, 1.54) is 24.3 Å². The molecule has 2 N–H and O–H groups in total. The molecule has 0 aromatic heterocycles. The predicted octanol–water partition coefficient (Wildman–Crippen LogP) is 6.42. The molecule has 2 aliphatic carbocycles. The van der Waals surface area contributed by atoms with E-state index in [2.05, 4.69) is 44.5 Å². The fourth-order valence-corrected chi connectivity index (χ4v) is 6.96. The van der Waals surface area contributed by atoms with Crippen molar-refractivity contribution in [2.24, 2.45) is 0 Å². The van der Waals surface area contributed by atoms with E-state index < -0.39 is 31.0 Å².